The largest absolute Gasteiger partial charge is 0.457 e. The van der Waals surface area contributed by atoms with Crippen LogP contribution in [-0.2, 0) is 19.1 Å². The Kier molecular flexibility index (Phi) is 10.5. The molecule has 3 rings (SSSR count). The molecule has 0 heterocycles. The number of hydrogen-bond acceptors (Lipinski definition) is 5. The zero-order valence-electron chi connectivity index (χ0n) is 22.1. The van der Waals surface area contributed by atoms with Gasteiger partial charge in [-0.2, -0.15) is 0 Å². The van der Waals surface area contributed by atoms with Crippen molar-refractivity contribution < 1.29 is 23.9 Å². The van der Waals surface area contributed by atoms with E-state index in [1.165, 1.54) is 0 Å². The molecule has 3 aromatic rings. The molecule has 0 aromatic heterocycles. The Morgan fingerprint density at radius 1 is 0.842 bits per heavy atom. The Balaban J connectivity index is 1.38. The lowest BCUT2D eigenvalue weighted by atomic mass is 10.0. The van der Waals surface area contributed by atoms with Crippen molar-refractivity contribution in [3.8, 4) is 11.5 Å². The molecule has 200 valence electrons. The first-order chi connectivity index (χ1) is 18.1. The van der Waals surface area contributed by atoms with Gasteiger partial charge in [-0.1, -0.05) is 41.9 Å². The van der Waals surface area contributed by atoms with Gasteiger partial charge in [0.2, 0.25) is 5.91 Å². The number of ether oxygens (including phenoxy) is 2. The molecule has 0 radical (unpaired) electrons. The lowest BCUT2D eigenvalue weighted by Gasteiger charge is -2.15. The number of amides is 2. The van der Waals surface area contributed by atoms with Crippen molar-refractivity contribution in [2.45, 2.75) is 52.9 Å². The van der Waals surface area contributed by atoms with Gasteiger partial charge >= 0.3 is 5.97 Å². The highest BCUT2D eigenvalue weighted by molar-refractivity contribution is 9.10. The maximum Gasteiger partial charge on any atom is 0.306 e. The van der Waals surface area contributed by atoms with E-state index in [1.54, 1.807) is 30.3 Å². The predicted molar refractivity (Wildman–Crippen MR) is 153 cm³/mol. The molecule has 38 heavy (non-hydrogen) atoms. The standard InChI is InChI=1S/C30H33BrN2O5/c1-19(2)25-14-8-20(3)16-27(25)38-24-12-9-22(10-13-24)32-28(34)6-5-7-30(36)37-18-29(35)33-23-11-15-26(31)21(4)17-23/h8-17,19H,5-7,18H2,1-4H3,(H,32,34)(H,33,35). The van der Waals surface area contributed by atoms with Crippen molar-refractivity contribution in [2.24, 2.45) is 0 Å². The number of anilines is 2. The predicted octanol–water partition coefficient (Wildman–Crippen LogP) is 7.27. The molecule has 3 aromatic carbocycles. The van der Waals surface area contributed by atoms with E-state index in [2.05, 4.69) is 52.5 Å². The third-order valence-electron chi connectivity index (χ3n) is 5.75. The molecular weight excluding hydrogens is 548 g/mol. The fourth-order valence-electron chi connectivity index (χ4n) is 3.69. The number of esters is 1. The number of nitrogens with one attached hydrogen (secondary N) is 2. The molecule has 2 amide bonds. The van der Waals surface area contributed by atoms with Crippen molar-refractivity contribution in [3.63, 3.8) is 0 Å². The van der Waals surface area contributed by atoms with Gasteiger partial charge in [-0.05, 0) is 91.4 Å². The van der Waals surface area contributed by atoms with Crippen molar-refractivity contribution in [1.29, 1.82) is 0 Å². The summed E-state index contributed by atoms with van der Waals surface area (Å²) in [5.41, 5.74) is 4.49. The molecule has 0 aliphatic heterocycles. The van der Waals surface area contributed by atoms with Crippen LogP contribution in [-0.4, -0.2) is 24.4 Å². The first-order valence-corrected chi connectivity index (χ1v) is 13.3. The molecule has 0 unspecified atom stereocenters. The molecule has 0 atom stereocenters. The molecule has 0 saturated carbocycles. The van der Waals surface area contributed by atoms with Crippen LogP contribution in [0.15, 0.2) is 65.1 Å². The Hall–Kier alpha value is -3.65. The zero-order chi connectivity index (χ0) is 27.7. The number of benzene rings is 3. The smallest absolute Gasteiger partial charge is 0.306 e. The molecular formula is C30H33BrN2O5. The highest BCUT2D eigenvalue weighted by atomic mass is 79.9. The number of rotatable bonds is 11. The van der Waals surface area contributed by atoms with Gasteiger partial charge < -0.3 is 20.1 Å². The molecule has 2 N–H and O–H groups in total. The number of halogens is 1. The van der Waals surface area contributed by atoms with E-state index < -0.39 is 11.9 Å². The number of aryl methyl sites for hydroxylation is 2. The molecule has 7 nitrogen and oxygen atoms in total. The van der Waals surface area contributed by atoms with Crippen LogP contribution in [0.1, 0.15) is 55.7 Å². The molecule has 0 spiro atoms. The number of carbonyl (C=O) groups excluding carboxylic acids is 3. The van der Waals surface area contributed by atoms with Crippen molar-refractivity contribution >= 4 is 45.1 Å². The summed E-state index contributed by atoms with van der Waals surface area (Å²) in [5.74, 6) is 0.671. The summed E-state index contributed by atoms with van der Waals surface area (Å²) in [4.78, 5) is 36.3. The van der Waals surface area contributed by atoms with E-state index in [4.69, 9.17) is 9.47 Å². The van der Waals surface area contributed by atoms with Gasteiger partial charge in [-0.25, -0.2) is 0 Å². The van der Waals surface area contributed by atoms with Gasteiger partial charge in [0.15, 0.2) is 6.61 Å². The van der Waals surface area contributed by atoms with E-state index in [1.807, 2.05) is 32.0 Å². The van der Waals surface area contributed by atoms with Gasteiger partial charge in [0.1, 0.15) is 11.5 Å². The normalized spacial score (nSPS) is 10.7. The SMILES string of the molecule is Cc1ccc(C(C)C)c(Oc2ccc(NC(=O)CCCC(=O)OCC(=O)Nc3ccc(Br)c(C)c3)cc2)c1. The highest BCUT2D eigenvalue weighted by Gasteiger charge is 2.12. The topological polar surface area (TPSA) is 93.7 Å². The second-order valence-electron chi connectivity index (χ2n) is 9.40. The second kappa shape index (κ2) is 13.8. The van der Waals surface area contributed by atoms with Crippen LogP contribution in [0.4, 0.5) is 11.4 Å². The monoisotopic (exact) mass is 580 g/mol. The van der Waals surface area contributed by atoms with Crippen LogP contribution in [0.5, 0.6) is 11.5 Å². The fraction of sp³-hybridized carbons (Fsp3) is 0.300. The summed E-state index contributed by atoms with van der Waals surface area (Å²) < 4.78 is 12.0. The third kappa shape index (κ3) is 9.03. The van der Waals surface area contributed by atoms with Crippen LogP contribution in [0, 0.1) is 13.8 Å². The van der Waals surface area contributed by atoms with Gasteiger partial charge in [0.05, 0.1) is 0 Å². The summed E-state index contributed by atoms with van der Waals surface area (Å²) in [7, 11) is 0. The average molecular weight is 582 g/mol. The van der Waals surface area contributed by atoms with Crippen LogP contribution < -0.4 is 15.4 Å². The van der Waals surface area contributed by atoms with Gasteiger partial charge in [0.25, 0.3) is 5.91 Å². The summed E-state index contributed by atoms with van der Waals surface area (Å²) >= 11 is 3.40. The molecule has 0 fully saturated rings. The van der Waals surface area contributed by atoms with E-state index in [-0.39, 0.29) is 25.4 Å². The third-order valence-corrected chi connectivity index (χ3v) is 6.64. The minimum atomic E-state index is -0.529. The average Bonchev–Trinajstić information content (AvgIpc) is 2.86. The fourth-order valence-corrected chi connectivity index (χ4v) is 3.94. The van der Waals surface area contributed by atoms with E-state index in [0.717, 1.165) is 26.9 Å². The van der Waals surface area contributed by atoms with Crippen molar-refractivity contribution in [2.75, 3.05) is 17.2 Å². The van der Waals surface area contributed by atoms with Crippen LogP contribution in [0.25, 0.3) is 0 Å². The van der Waals surface area contributed by atoms with Crippen LogP contribution in [0.2, 0.25) is 0 Å². The lowest BCUT2D eigenvalue weighted by Crippen LogP contribution is -2.21. The Bertz CT molecular complexity index is 1290. The molecule has 0 bridgehead atoms. The summed E-state index contributed by atoms with van der Waals surface area (Å²) in [6.45, 7) is 7.80. The van der Waals surface area contributed by atoms with Gasteiger partial charge in [0, 0.05) is 28.7 Å². The van der Waals surface area contributed by atoms with Gasteiger partial charge in [-0.15, -0.1) is 0 Å². The van der Waals surface area contributed by atoms with Crippen molar-refractivity contribution in [3.05, 3.63) is 81.8 Å². The summed E-state index contributed by atoms with van der Waals surface area (Å²) in [6, 6.07) is 18.7. The number of carbonyl (C=O) groups is 3. The van der Waals surface area contributed by atoms with E-state index in [0.29, 0.717) is 29.5 Å². The molecule has 0 aliphatic carbocycles. The maximum atomic E-state index is 12.3. The number of hydrogen-bond donors (Lipinski definition) is 2. The highest BCUT2D eigenvalue weighted by Crippen LogP contribution is 2.32. The zero-order valence-corrected chi connectivity index (χ0v) is 23.7. The second-order valence-corrected chi connectivity index (χ2v) is 10.3. The Morgan fingerprint density at radius 3 is 2.21 bits per heavy atom. The minimum absolute atomic E-state index is 0.0412. The molecule has 0 saturated heterocycles. The van der Waals surface area contributed by atoms with E-state index >= 15 is 0 Å². The lowest BCUT2D eigenvalue weighted by molar-refractivity contribution is -0.147. The van der Waals surface area contributed by atoms with Gasteiger partial charge in [-0.3, -0.25) is 14.4 Å². The van der Waals surface area contributed by atoms with Crippen molar-refractivity contribution in [1.82, 2.24) is 0 Å². The Morgan fingerprint density at radius 2 is 1.53 bits per heavy atom. The molecule has 8 heteroatoms. The summed E-state index contributed by atoms with van der Waals surface area (Å²) in [5, 5.41) is 5.50. The van der Waals surface area contributed by atoms with Crippen LogP contribution in [0.3, 0.4) is 0 Å². The van der Waals surface area contributed by atoms with E-state index in [9.17, 15) is 14.4 Å². The maximum absolute atomic E-state index is 12.3. The molecule has 0 aliphatic rings. The first kappa shape index (κ1) is 28.9. The summed E-state index contributed by atoms with van der Waals surface area (Å²) in [6.07, 6.45) is 0.503. The minimum Gasteiger partial charge on any atom is -0.457 e. The first-order valence-electron chi connectivity index (χ1n) is 12.5. The quantitative estimate of drug-likeness (QED) is 0.232. The van der Waals surface area contributed by atoms with Crippen LogP contribution >= 0.6 is 15.9 Å². The Labute approximate surface area is 232 Å².